The van der Waals surface area contributed by atoms with E-state index in [0.717, 1.165) is 34.3 Å². The molecule has 1 aliphatic carbocycles. The number of carbonyl (C=O) groups is 2. The van der Waals surface area contributed by atoms with Crippen LogP contribution in [0.3, 0.4) is 0 Å². The molecule has 1 saturated heterocycles. The Balaban J connectivity index is 1.60. The number of rotatable bonds is 7. The molecular formula is C27H32N4O3. The number of H-pyrrole nitrogens is 1. The molecule has 0 spiro atoms. The number of hydrogen-bond donors (Lipinski definition) is 1. The highest BCUT2D eigenvalue weighted by Crippen LogP contribution is 2.50. The number of aromatic amines is 1. The fourth-order valence-electron chi connectivity index (χ4n) is 5.72. The molecule has 1 unspecified atom stereocenters. The normalized spacial score (nSPS) is 25.9. The van der Waals surface area contributed by atoms with Gasteiger partial charge in [-0.1, -0.05) is 30.4 Å². The second-order valence-electron chi connectivity index (χ2n) is 9.70. The molecular weight excluding hydrogens is 428 g/mol. The summed E-state index contributed by atoms with van der Waals surface area (Å²) in [5.74, 6) is 0.742. The highest BCUT2D eigenvalue weighted by Gasteiger charge is 2.60. The zero-order valence-corrected chi connectivity index (χ0v) is 20.1. The lowest BCUT2D eigenvalue weighted by atomic mass is 9.78. The monoisotopic (exact) mass is 460 g/mol. The first-order chi connectivity index (χ1) is 16.4. The van der Waals surface area contributed by atoms with Crippen molar-refractivity contribution >= 4 is 22.8 Å². The van der Waals surface area contributed by atoms with Gasteiger partial charge in [-0.3, -0.25) is 9.69 Å². The van der Waals surface area contributed by atoms with Crippen LogP contribution >= 0.6 is 0 Å². The molecule has 1 N–H and O–H groups in total. The van der Waals surface area contributed by atoms with Gasteiger partial charge in [0.25, 0.3) is 5.91 Å². The topological polar surface area (TPSA) is 68.9 Å². The Bertz CT molecular complexity index is 1210. The second-order valence-corrected chi connectivity index (χ2v) is 9.70. The van der Waals surface area contributed by atoms with Crippen molar-refractivity contribution in [1.29, 1.82) is 0 Å². The average Bonchev–Trinajstić information content (AvgIpc) is 3.28. The maximum atomic E-state index is 13.8. The Morgan fingerprint density at radius 2 is 2.15 bits per heavy atom. The summed E-state index contributed by atoms with van der Waals surface area (Å²) in [5.41, 5.74) is 2.20. The van der Waals surface area contributed by atoms with E-state index in [2.05, 4.69) is 28.6 Å². The maximum Gasteiger partial charge on any atom is 0.328 e. The minimum absolute atomic E-state index is 0.0819. The van der Waals surface area contributed by atoms with E-state index in [4.69, 9.17) is 4.74 Å². The van der Waals surface area contributed by atoms with Crippen molar-refractivity contribution in [2.75, 3.05) is 33.8 Å². The molecule has 3 aliphatic rings. The van der Waals surface area contributed by atoms with E-state index in [1.54, 1.807) is 7.11 Å². The number of allylic oxidation sites excluding steroid dienone is 3. The standard InChI is InChI=1S/C27H32N4O3/c1-5-13-29(3)14-15-30-25(32)27(2)17-21-20-16-19(34-4)11-12-22(20)28-23(21)24(31(27)26(30)33)18-9-7-6-8-10-18/h5-9,11-12,16,18,24,28H,1,10,13-15,17H2,2-4H3/t18?,24-,27+/m1/s1. The number of urea groups is 1. The SMILES string of the molecule is C=CCN(C)CCN1C(=O)N2[C@H](C3C=CC=CC3)c3[nH]c4ccc(OC)cc4c3C[C@@]2(C)C1=O. The van der Waals surface area contributed by atoms with E-state index in [-0.39, 0.29) is 23.9 Å². The molecule has 1 fully saturated rings. The van der Waals surface area contributed by atoms with Gasteiger partial charge in [0.15, 0.2) is 0 Å². The van der Waals surface area contributed by atoms with Gasteiger partial charge in [0, 0.05) is 48.6 Å². The van der Waals surface area contributed by atoms with E-state index in [1.165, 1.54) is 4.90 Å². The first-order valence-electron chi connectivity index (χ1n) is 11.9. The second kappa shape index (κ2) is 8.47. The number of carbonyl (C=O) groups excluding carboxylic acids is 2. The predicted molar refractivity (Wildman–Crippen MR) is 133 cm³/mol. The summed E-state index contributed by atoms with van der Waals surface area (Å²) in [7, 11) is 3.62. The molecule has 2 aliphatic heterocycles. The third-order valence-electron chi connectivity index (χ3n) is 7.48. The zero-order chi connectivity index (χ0) is 24.0. The lowest BCUT2D eigenvalue weighted by Gasteiger charge is -2.45. The Morgan fingerprint density at radius 3 is 2.85 bits per heavy atom. The molecule has 1 aromatic heterocycles. The minimum Gasteiger partial charge on any atom is -0.497 e. The van der Waals surface area contributed by atoms with Crippen molar-refractivity contribution in [1.82, 2.24) is 19.7 Å². The third-order valence-corrected chi connectivity index (χ3v) is 7.48. The smallest absolute Gasteiger partial charge is 0.328 e. The lowest BCUT2D eigenvalue weighted by molar-refractivity contribution is -0.133. The molecule has 7 nitrogen and oxygen atoms in total. The van der Waals surface area contributed by atoms with Gasteiger partial charge in [0.2, 0.25) is 0 Å². The van der Waals surface area contributed by atoms with Gasteiger partial charge in [-0.25, -0.2) is 4.79 Å². The number of methoxy groups -OCH3 is 1. The van der Waals surface area contributed by atoms with Crippen LogP contribution in [-0.2, 0) is 11.2 Å². The molecule has 3 atom stereocenters. The number of amides is 3. The number of hydrogen-bond acceptors (Lipinski definition) is 4. The molecule has 5 rings (SSSR count). The van der Waals surface area contributed by atoms with Crippen molar-refractivity contribution < 1.29 is 14.3 Å². The van der Waals surface area contributed by atoms with Crippen LogP contribution < -0.4 is 4.74 Å². The molecule has 178 valence electrons. The van der Waals surface area contributed by atoms with Gasteiger partial charge in [-0.2, -0.15) is 0 Å². The first-order valence-corrected chi connectivity index (χ1v) is 11.9. The molecule has 3 amide bonds. The lowest BCUT2D eigenvalue weighted by Crippen LogP contribution is -2.54. The van der Waals surface area contributed by atoms with E-state index in [9.17, 15) is 9.59 Å². The van der Waals surface area contributed by atoms with Crippen LogP contribution in [0.25, 0.3) is 10.9 Å². The molecule has 0 radical (unpaired) electrons. The van der Waals surface area contributed by atoms with E-state index < -0.39 is 5.54 Å². The minimum atomic E-state index is -0.932. The fourth-order valence-corrected chi connectivity index (χ4v) is 5.72. The van der Waals surface area contributed by atoms with E-state index in [0.29, 0.717) is 26.1 Å². The van der Waals surface area contributed by atoms with Crippen molar-refractivity contribution in [3.63, 3.8) is 0 Å². The number of aromatic nitrogens is 1. The van der Waals surface area contributed by atoms with Gasteiger partial charge in [0.1, 0.15) is 11.3 Å². The molecule has 3 heterocycles. The average molecular weight is 461 g/mol. The molecule has 0 saturated carbocycles. The molecule has 34 heavy (non-hydrogen) atoms. The molecule has 2 aromatic rings. The number of ether oxygens (including phenoxy) is 1. The maximum absolute atomic E-state index is 13.8. The predicted octanol–water partition coefficient (Wildman–Crippen LogP) is 4.05. The number of likely N-dealkylation sites (N-methyl/N-ethyl adjacent to an activating group) is 1. The van der Waals surface area contributed by atoms with Crippen molar-refractivity contribution in [3.05, 3.63) is 66.4 Å². The summed E-state index contributed by atoms with van der Waals surface area (Å²) < 4.78 is 5.48. The highest BCUT2D eigenvalue weighted by atomic mass is 16.5. The number of imide groups is 1. The van der Waals surface area contributed by atoms with Crippen molar-refractivity contribution in [2.24, 2.45) is 5.92 Å². The fraction of sp³-hybridized carbons (Fsp3) is 0.407. The van der Waals surface area contributed by atoms with Gasteiger partial charge in [-0.15, -0.1) is 6.58 Å². The summed E-state index contributed by atoms with van der Waals surface area (Å²) in [4.78, 5) is 36.6. The molecule has 0 bridgehead atoms. The summed E-state index contributed by atoms with van der Waals surface area (Å²) in [6, 6.07) is 5.53. The van der Waals surface area contributed by atoms with Crippen LogP contribution in [-0.4, -0.2) is 71.0 Å². The first kappa shape index (κ1) is 22.5. The Kier molecular flexibility index (Phi) is 5.60. The van der Waals surface area contributed by atoms with Crippen molar-refractivity contribution in [3.8, 4) is 5.75 Å². The quantitative estimate of drug-likeness (QED) is 0.500. The number of benzene rings is 1. The van der Waals surface area contributed by atoms with Gasteiger partial charge in [0.05, 0.1) is 13.2 Å². The Labute approximate surface area is 200 Å². The van der Waals surface area contributed by atoms with Crippen LogP contribution in [0.2, 0.25) is 0 Å². The van der Waals surface area contributed by atoms with Crippen LogP contribution in [0.1, 0.15) is 30.6 Å². The van der Waals surface area contributed by atoms with Crippen LogP contribution in [0.4, 0.5) is 4.79 Å². The number of nitrogens with zero attached hydrogens (tertiary/aromatic N) is 3. The van der Waals surface area contributed by atoms with Gasteiger partial charge < -0.3 is 19.5 Å². The van der Waals surface area contributed by atoms with E-state index >= 15 is 0 Å². The van der Waals surface area contributed by atoms with Crippen LogP contribution in [0.5, 0.6) is 5.75 Å². The zero-order valence-electron chi connectivity index (χ0n) is 20.1. The molecule has 7 heteroatoms. The van der Waals surface area contributed by atoms with Crippen LogP contribution in [0.15, 0.2) is 55.2 Å². The highest BCUT2D eigenvalue weighted by molar-refractivity contribution is 6.08. The Morgan fingerprint density at radius 1 is 1.32 bits per heavy atom. The largest absolute Gasteiger partial charge is 0.497 e. The Hall–Kier alpha value is -3.32. The summed E-state index contributed by atoms with van der Waals surface area (Å²) in [5, 5.41) is 1.06. The summed E-state index contributed by atoms with van der Waals surface area (Å²) >= 11 is 0. The number of fused-ring (bicyclic) bond motifs is 4. The van der Waals surface area contributed by atoms with Crippen LogP contribution in [0, 0.1) is 5.92 Å². The summed E-state index contributed by atoms with van der Waals surface area (Å²) in [6.07, 6.45) is 11.5. The molecule has 1 aromatic carbocycles. The van der Waals surface area contributed by atoms with Gasteiger partial charge in [-0.05, 0) is 44.2 Å². The third kappa shape index (κ3) is 3.38. The van der Waals surface area contributed by atoms with Crippen molar-refractivity contribution in [2.45, 2.75) is 31.3 Å². The van der Waals surface area contributed by atoms with Gasteiger partial charge >= 0.3 is 6.03 Å². The van der Waals surface area contributed by atoms with E-state index in [1.807, 2.05) is 55.3 Å². The number of nitrogens with one attached hydrogen (secondary N) is 1. The summed E-state index contributed by atoms with van der Waals surface area (Å²) in [6.45, 7) is 7.38.